The van der Waals surface area contributed by atoms with Crippen molar-refractivity contribution in [2.24, 2.45) is 0 Å². The average molecular weight is 686 g/mol. The van der Waals surface area contributed by atoms with E-state index in [0.29, 0.717) is 37.7 Å². The van der Waals surface area contributed by atoms with Crippen LogP contribution < -0.4 is 0 Å². The molecule has 1 N–H and O–H groups in total. The molecule has 1 aromatic heterocycles. The molecule has 2 aliphatic heterocycles. The quantitative estimate of drug-likeness (QED) is 0.241. The molecule has 3 fully saturated rings. The molecule has 3 aliphatic rings. The minimum absolute atomic E-state index is 0. The molecule has 6 rings (SSSR count). The van der Waals surface area contributed by atoms with Gasteiger partial charge in [0.2, 0.25) is 0 Å². The maximum absolute atomic E-state index is 13.8. The fraction of sp³-hybridized carbons (Fsp3) is 0.515. The third-order valence-corrected chi connectivity index (χ3v) is 9.80. The van der Waals surface area contributed by atoms with Crippen LogP contribution in [0.15, 0.2) is 48.7 Å². The zero-order chi connectivity index (χ0) is 32.6. The van der Waals surface area contributed by atoms with E-state index in [9.17, 15) is 35.9 Å². The number of alkyl halides is 6. The number of piperazine rings is 2. The summed E-state index contributed by atoms with van der Waals surface area (Å²) in [5.74, 6) is -0.908. The molecule has 1 amide bonds. The fourth-order valence-electron chi connectivity index (χ4n) is 7.40. The van der Waals surface area contributed by atoms with Crippen molar-refractivity contribution in [3.63, 3.8) is 0 Å². The maximum Gasteiger partial charge on any atom is 0.416 e. The van der Waals surface area contributed by atoms with Crippen LogP contribution in [0.3, 0.4) is 0 Å². The molecule has 47 heavy (non-hydrogen) atoms. The number of rotatable bonds is 7. The normalized spacial score (nSPS) is 21.6. The largest absolute Gasteiger partial charge is 0.416 e. The van der Waals surface area contributed by atoms with Crippen molar-refractivity contribution in [3.05, 3.63) is 70.9 Å². The molecule has 0 bridgehead atoms. The van der Waals surface area contributed by atoms with Gasteiger partial charge in [-0.15, -0.1) is 12.4 Å². The Morgan fingerprint density at radius 2 is 1.49 bits per heavy atom. The van der Waals surface area contributed by atoms with E-state index >= 15 is 0 Å². The standard InChI is InChI=1S/C33H37F6N5O2.ClH/c34-32(35,36)24-15-22(16-25(18-24)33(37,38)39)31(46)44-14-13-43(20-27(44)17-23-19-40-29-8-4-3-7-28(23)29)30(21-45)42-11-9-41(10-12-42)26-5-1-2-6-26;/h3-4,7-8,15-16,18-19,21,26-27,30,40H,1-2,5-6,9-14,17,20H2;1H/t27-,30?;/m1./s1. The summed E-state index contributed by atoms with van der Waals surface area (Å²) < 4.78 is 81.9. The molecule has 1 saturated carbocycles. The highest BCUT2D eigenvalue weighted by molar-refractivity contribution is 5.95. The highest BCUT2D eigenvalue weighted by Gasteiger charge is 2.41. The van der Waals surface area contributed by atoms with Gasteiger partial charge in [0, 0.05) is 80.6 Å². The first-order valence-electron chi connectivity index (χ1n) is 15.8. The van der Waals surface area contributed by atoms with E-state index in [4.69, 9.17) is 0 Å². The van der Waals surface area contributed by atoms with Gasteiger partial charge in [0.1, 0.15) is 6.17 Å². The summed E-state index contributed by atoms with van der Waals surface area (Å²) in [5.41, 5.74) is -2.02. The number of amides is 1. The molecule has 14 heteroatoms. The Balaban J connectivity index is 0.00000433. The van der Waals surface area contributed by atoms with Crippen molar-refractivity contribution in [2.45, 2.75) is 62.7 Å². The van der Waals surface area contributed by atoms with E-state index < -0.39 is 47.2 Å². The Bertz CT molecular complexity index is 1520. The number of carbonyl (C=O) groups is 2. The number of hydrogen-bond donors (Lipinski definition) is 1. The van der Waals surface area contributed by atoms with Crippen LogP contribution in [-0.4, -0.2) is 101 Å². The van der Waals surface area contributed by atoms with Gasteiger partial charge in [0.25, 0.3) is 5.91 Å². The molecular formula is C33H38ClF6N5O2. The van der Waals surface area contributed by atoms with Gasteiger partial charge in [-0.1, -0.05) is 31.0 Å². The van der Waals surface area contributed by atoms with Crippen LogP contribution in [0, 0.1) is 0 Å². The summed E-state index contributed by atoms with van der Waals surface area (Å²) >= 11 is 0. The number of benzene rings is 2. The van der Waals surface area contributed by atoms with Gasteiger partial charge in [0.15, 0.2) is 6.29 Å². The van der Waals surface area contributed by atoms with E-state index in [0.717, 1.165) is 35.8 Å². The predicted molar refractivity (Wildman–Crippen MR) is 167 cm³/mol. The third-order valence-electron chi connectivity index (χ3n) is 9.80. The molecule has 1 aliphatic carbocycles. The number of fused-ring (bicyclic) bond motifs is 1. The van der Waals surface area contributed by atoms with Gasteiger partial charge < -0.3 is 14.7 Å². The van der Waals surface area contributed by atoms with E-state index in [1.807, 2.05) is 29.2 Å². The van der Waals surface area contributed by atoms with Gasteiger partial charge in [-0.05, 0) is 49.1 Å². The monoisotopic (exact) mass is 685 g/mol. The molecule has 0 spiro atoms. The first kappa shape index (κ1) is 35.2. The first-order chi connectivity index (χ1) is 21.9. The van der Waals surface area contributed by atoms with Crippen LogP contribution in [0.4, 0.5) is 26.3 Å². The van der Waals surface area contributed by atoms with Crippen LogP contribution in [0.1, 0.15) is 52.7 Å². The number of hydrogen-bond acceptors (Lipinski definition) is 5. The molecule has 7 nitrogen and oxygen atoms in total. The Labute approximate surface area is 275 Å². The molecule has 3 heterocycles. The van der Waals surface area contributed by atoms with E-state index in [1.54, 1.807) is 6.20 Å². The van der Waals surface area contributed by atoms with E-state index in [1.165, 1.54) is 30.6 Å². The van der Waals surface area contributed by atoms with Crippen molar-refractivity contribution in [3.8, 4) is 0 Å². The van der Waals surface area contributed by atoms with E-state index in [-0.39, 0.29) is 38.1 Å². The van der Waals surface area contributed by atoms with Gasteiger partial charge >= 0.3 is 12.4 Å². The van der Waals surface area contributed by atoms with Crippen molar-refractivity contribution in [1.29, 1.82) is 0 Å². The van der Waals surface area contributed by atoms with Crippen LogP contribution >= 0.6 is 12.4 Å². The number of aromatic nitrogens is 1. The van der Waals surface area contributed by atoms with Crippen LogP contribution in [-0.2, 0) is 23.6 Å². The number of carbonyl (C=O) groups excluding carboxylic acids is 2. The first-order valence-corrected chi connectivity index (χ1v) is 15.8. The Morgan fingerprint density at radius 1 is 0.872 bits per heavy atom. The fourth-order valence-corrected chi connectivity index (χ4v) is 7.40. The number of aromatic amines is 1. The van der Waals surface area contributed by atoms with Gasteiger partial charge in [0.05, 0.1) is 11.1 Å². The third kappa shape index (κ3) is 7.63. The van der Waals surface area contributed by atoms with Gasteiger partial charge in [-0.25, -0.2) is 0 Å². The lowest BCUT2D eigenvalue weighted by Crippen LogP contribution is -2.64. The van der Waals surface area contributed by atoms with Crippen molar-refractivity contribution in [1.82, 2.24) is 24.6 Å². The molecular weight excluding hydrogens is 648 g/mol. The number of nitrogens with zero attached hydrogens (tertiary/aromatic N) is 4. The van der Waals surface area contributed by atoms with Crippen LogP contribution in [0.25, 0.3) is 10.9 Å². The summed E-state index contributed by atoms with van der Waals surface area (Å²) in [5, 5.41) is 0.903. The Morgan fingerprint density at radius 3 is 2.11 bits per heavy atom. The zero-order valence-corrected chi connectivity index (χ0v) is 26.5. The smallest absolute Gasteiger partial charge is 0.361 e. The summed E-state index contributed by atoms with van der Waals surface area (Å²) in [6, 6.07) is 8.51. The average Bonchev–Trinajstić information content (AvgIpc) is 3.72. The molecule has 2 saturated heterocycles. The topological polar surface area (TPSA) is 62.9 Å². The summed E-state index contributed by atoms with van der Waals surface area (Å²) in [6.07, 6.45) is -2.85. The van der Waals surface area contributed by atoms with E-state index in [2.05, 4.69) is 14.8 Å². The zero-order valence-electron chi connectivity index (χ0n) is 25.7. The number of halogens is 7. The minimum atomic E-state index is -5.07. The maximum atomic E-state index is 13.8. The molecule has 3 aromatic rings. The number of nitrogens with one attached hydrogen (secondary N) is 1. The molecule has 1 unspecified atom stereocenters. The molecule has 256 valence electrons. The highest BCUT2D eigenvalue weighted by atomic mass is 35.5. The minimum Gasteiger partial charge on any atom is -0.361 e. The van der Waals surface area contributed by atoms with Crippen molar-refractivity contribution in [2.75, 3.05) is 45.8 Å². The molecule has 2 atom stereocenters. The predicted octanol–water partition coefficient (Wildman–Crippen LogP) is 6.08. The van der Waals surface area contributed by atoms with Crippen molar-refractivity contribution >= 4 is 35.5 Å². The molecule has 2 aromatic carbocycles. The SMILES string of the molecule is Cl.O=CC(N1CCN(C2CCCC2)CC1)N1CCN(C(=O)c2cc(C(F)(F)F)cc(C(F)(F)F)c2)[C@H](Cc2c[nH]c3ccccc23)C1. The Kier molecular flexibility index (Phi) is 10.6. The van der Waals surface area contributed by atoms with Crippen LogP contribution in [0.5, 0.6) is 0 Å². The number of aldehydes is 1. The van der Waals surface area contributed by atoms with Gasteiger partial charge in [-0.2, -0.15) is 26.3 Å². The second kappa shape index (κ2) is 14.2. The second-order valence-corrected chi connectivity index (χ2v) is 12.6. The summed E-state index contributed by atoms with van der Waals surface area (Å²) in [7, 11) is 0. The number of H-pyrrole nitrogens is 1. The lowest BCUT2D eigenvalue weighted by Gasteiger charge is -2.48. The lowest BCUT2D eigenvalue weighted by molar-refractivity contribution is -0.143. The van der Waals surface area contributed by atoms with Gasteiger partial charge in [-0.3, -0.25) is 19.5 Å². The summed E-state index contributed by atoms with van der Waals surface area (Å²) in [6.45, 7) is 3.62. The lowest BCUT2D eigenvalue weighted by atomic mass is 9.98. The second-order valence-electron chi connectivity index (χ2n) is 12.6. The van der Waals surface area contributed by atoms with Crippen LogP contribution in [0.2, 0.25) is 0 Å². The molecule has 0 radical (unpaired) electrons. The Hall–Kier alpha value is -3.13. The highest BCUT2D eigenvalue weighted by Crippen LogP contribution is 2.37. The van der Waals surface area contributed by atoms with Crippen molar-refractivity contribution < 1.29 is 35.9 Å². The number of para-hydroxylation sites is 1. The summed E-state index contributed by atoms with van der Waals surface area (Å²) in [4.78, 5) is 37.6.